The highest BCUT2D eigenvalue weighted by molar-refractivity contribution is 7.91. The molecule has 6 nitrogen and oxygen atoms in total. The first kappa shape index (κ1) is 22.1. The van der Waals surface area contributed by atoms with Crippen molar-refractivity contribution in [2.24, 2.45) is 10.7 Å². The first-order valence-corrected chi connectivity index (χ1v) is 12.7. The highest BCUT2D eigenvalue weighted by atomic mass is 35.5. The van der Waals surface area contributed by atoms with Gasteiger partial charge in [0.1, 0.15) is 17.4 Å². The number of hydrogen-bond donors (Lipinski definition) is 1. The molecule has 1 aromatic heterocycles. The second-order valence-corrected chi connectivity index (χ2v) is 10.7. The largest absolute Gasteiger partial charge is 0.382 e. The number of rotatable bonds is 7. The SMILES string of the molecule is CCc1nc2c(n1CCCCS(=O)(=O)c1cc(Cl)cc(Cl)c1)C1=CC=CCC1N=C2N. The van der Waals surface area contributed by atoms with Crippen molar-refractivity contribution in [3.05, 3.63) is 63.7 Å². The fourth-order valence-electron chi connectivity index (χ4n) is 4.07. The van der Waals surface area contributed by atoms with Gasteiger partial charge in [-0.15, -0.1) is 0 Å². The summed E-state index contributed by atoms with van der Waals surface area (Å²) < 4.78 is 27.6. The lowest BCUT2D eigenvalue weighted by atomic mass is 9.92. The number of allylic oxidation sites excluding steroid dienone is 2. The van der Waals surface area contributed by atoms with Crippen LogP contribution in [0, 0.1) is 0 Å². The van der Waals surface area contributed by atoms with E-state index in [1.807, 2.05) is 6.08 Å². The minimum atomic E-state index is -3.46. The first-order chi connectivity index (χ1) is 14.8. The van der Waals surface area contributed by atoms with Gasteiger partial charge in [0.25, 0.3) is 0 Å². The van der Waals surface area contributed by atoms with E-state index in [-0.39, 0.29) is 16.7 Å². The number of amidine groups is 1. The van der Waals surface area contributed by atoms with E-state index >= 15 is 0 Å². The molecule has 0 radical (unpaired) electrons. The third-order valence-corrected chi connectivity index (χ3v) is 7.76. The van der Waals surface area contributed by atoms with Crippen LogP contribution in [-0.2, 0) is 22.8 Å². The first-order valence-electron chi connectivity index (χ1n) is 10.3. The zero-order valence-corrected chi connectivity index (χ0v) is 19.5. The van der Waals surface area contributed by atoms with Gasteiger partial charge in [-0.2, -0.15) is 0 Å². The number of unbranched alkanes of at least 4 members (excludes halogenated alkanes) is 1. The van der Waals surface area contributed by atoms with Gasteiger partial charge in [-0.1, -0.05) is 48.4 Å². The monoisotopic (exact) mass is 478 g/mol. The second kappa shape index (κ2) is 8.81. The minimum absolute atomic E-state index is 0.0191. The van der Waals surface area contributed by atoms with Crippen LogP contribution < -0.4 is 5.73 Å². The number of aryl methyl sites for hydroxylation is 1. The molecule has 1 aliphatic heterocycles. The van der Waals surface area contributed by atoms with Crippen molar-refractivity contribution in [1.82, 2.24) is 9.55 Å². The summed E-state index contributed by atoms with van der Waals surface area (Å²) >= 11 is 11.9. The molecule has 1 aliphatic carbocycles. The lowest BCUT2D eigenvalue weighted by molar-refractivity contribution is 0.574. The smallest absolute Gasteiger partial charge is 0.178 e. The zero-order chi connectivity index (χ0) is 22.2. The molecule has 1 aromatic carbocycles. The molecule has 31 heavy (non-hydrogen) atoms. The Labute approximate surface area is 192 Å². The fourth-order valence-corrected chi connectivity index (χ4v) is 6.16. The van der Waals surface area contributed by atoms with Crippen molar-refractivity contribution in [2.45, 2.75) is 50.1 Å². The Morgan fingerprint density at radius 1 is 1.19 bits per heavy atom. The normalized spacial score (nSPS) is 17.7. The standard InChI is InChI=1S/C22H24Cl2N4O2S/c1-2-19-27-20-21(17-7-3-4-8-18(17)26-22(20)25)28(19)9-5-6-10-31(29,30)16-12-14(23)11-15(24)13-16/h3-4,7,11-13,18H,2,5-6,8-10H2,1H3,(H2,25,26). The Morgan fingerprint density at radius 3 is 2.65 bits per heavy atom. The highest BCUT2D eigenvalue weighted by Gasteiger charge is 2.31. The van der Waals surface area contributed by atoms with E-state index in [2.05, 4.69) is 28.6 Å². The molecule has 2 N–H and O–H groups in total. The minimum Gasteiger partial charge on any atom is -0.382 e. The molecule has 4 rings (SSSR count). The van der Waals surface area contributed by atoms with Gasteiger partial charge in [-0.05, 0) is 37.5 Å². The molecule has 0 saturated heterocycles. The number of fused-ring (bicyclic) bond motifs is 3. The summed E-state index contributed by atoms with van der Waals surface area (Å²) in [6, 6.07) is 4.42. The van der Waals surface area contributed by atoms with E-state index in [4.69, 9.17) is 33.9 Å². The predicted molar refractivity (Wildman–Crippen MR) is 126 cm³/mol. The lowest BCUT2D eigenvalue weighted by Gasteiger charge is -2.25. The maximum absolute atomic E-state index is 12.7. The summed E-state index contributed by atoms with van der Waals surface area (Å²) in [6.07, 6.45) is 8.98. The Bertz CT molecular complexity index is 1190. The number of nitrogens with zero attached hydrogens (tertiary/aromatic N) is 3. The van der Waals surface area contributed by atoms with E-state index in [1.54, 1.807) is 0 Å². The number of halogens is 2. The quantitative estimate of drug-likeness (QED) is 0.595. The number of aromatic nitrogens is 2. The molecular formula is C22H24Cl2N4O2S. The van der Waals surface area contributed by atoms with Crippen LogP contribution >= 0.6 is 23.2 Å². The Morgan fingerprint density at radius 2 is 1.94 bits per heavy atom. The van der Waals surface area contributed by atoms with Crippen LogP contribution in [0.25, 0.3) is 5.57 Å². The van der Waals surface area contributed by atoms with Gasteiger partial charge < -0.3 is 10.3 Å². The van der Waals surface area contributed by atoms with Gasteiger partial charge in [0.15, 0.2) is 9.84 Å². The fraction of sp³-hybridized carbons (Fsp3) is 0.364. The topological polar surface area (TPSA) is 90.3 Å². The molecule has 2 aliphatic rings. The molecule has 2 heterocycles. The average Bonchev–Trinajstić information content (AvgIpc) is 3.10. The summed E-state index contributed by atoms with van der Waals surface area (Å²) in [5, 5.41) is 0.625. The van der Waals surface area contributed by atoms with E-state index in [0.29, 0.717) is 35.3 Å². The van der Waals surface area contributed by atoms with Crippen molar-refractivity contribution < 1.29 is 8.42 Å². The molecule has 0 amide bonds. The molecule has 1 unspecified atom stereocenters. The zero-order valence-electron chi connectivity index (χ0n) is 17.2. The second-order valence-electron chi connectivity index (χ2n) is 7.68. The molecule has 0 saturated carbocycles. The Hall–Kier alpha value is -2.09. The molecule has 0 spiro atoms. The molecule has 0 bridgehead atoms. The van der Waals surface area contributed by atoms with Crippen LogP contribution in [-0.4, -0.2) is 35.6 Å². The van der Waals surface area contributed by atoms with Crippen molar-refractivity contribution in [3.8, 4) is 0 Å². The number of benzene rings is 1. The van der Waals surface area contributed by atoms with Crippen LogP contribution in [0.1, 0.15) is 43.4 Å². The van der Waals surface area contributed by atoms with E-state index in [0.717, 1.165) is 35.6 Å². The number of nitrogens with two attached hydrogens (primary N) is 1. The maximum Gasteiger partial charge on any atom is 0.178 e. The van der Waals surface area contributed by atoms with Crippen molar-refractivity contribution >= 4 is 44.4 Å². The summed E-state index contributed by atoms with van der Waals surface area (Å²) in [5.41, 5.74) is 9.09. The number of sulfone groups is 1. The van der Waals surface area contributed by atoms with Crippen LogP contribution in [0.5, 0.6) is 0 Å². The van der Waals surface area contributed by atoms with Crippen LogP contribution in [0.4, 0.5) is 0 Å². The van der Waals surface area contributed by atoms with Gasteiger partial charge in [0, 0.05) is 28.6 Å². The van der Waals surface area contributed by atoms with Crippen LogP contribution in [0.3, 0.4) is 0 Å². The van der Waals surface area contributed by atoms with Crippen molar-refractivity contribution in [2.75, 3.05) is 5.75 Å². The highest BCUT2D eigenvalue weighted by Crippen LogP contribution is 2.34. The Balaban J connectivity index is 1.52. The summed E-state index contributed by atoms with van der Waals surface area (Å²) in [6.45, 7) is 2.72. The summed E-state index contributed by atoms with van der Waals surface area (Å²) in [7, 11) is -3.46. The molecule has 9 heteroatoms. The maximum atomic E-state index is 12.7. The van der Waals surface area contributed by atoms with Gasteiger partial charge in [-0.25, -0.2) is 13.4 Å². The molecule has 2 aromatic rings. The molecular weight excluding hydrogens is 455 g/mol. The van der Waals surface area contributed by atoms with Crippen molar-refractivity contribution in [1.29, 1.82) is 0 Å². The average molecular weight is 479 g/mol. The van der Waals surface area contributed by atoms with Crippen molar-refractivity contribution in [3.63, 3.8) is 0 Å². The van der Waals surface area contributed by atoms with Crippen LogP contribution in [0.2, 0.25) is 10.0 Å². The van der Waals surface area contributed by atoms with Crippen LogP contribution in [0.15, 0.2) is 46.3 Å². The molecule has 1 atom stereocenters. The van der Waals surface area contributed by atoms with E-state index in [1.165, 1.54) is 18.2 Å². The van der Waals surface area contributed by atoms with Gasteiger partial charge in [-0.3, -0.25) is 4.99 Å². The number of imidazole rings is 1. The number of hydrogen-bond acceptors (Lipinski definition) is 5. The van der Waals surface area contributed by atoms with Gasteiger partial charge in [0.2, 0.25) is 0 Å². The summed E-state index contributed by atoms with van der Waals surface area (Å²) in [5.74, 6) is 1.43. The Kier molecular flexibility index (Phi) is 6.28. The summed E-state index contributed by atoms with van der Waals surface area (Å²) in [4.78, 5) is 9.50. The lowest BCUT2D eigenvalue weighted by Crippen LogP contribution is -2.27. The van der Waals surface area contributed by atoms with Gasteiger partial charge >= 0.3 is 0 Å². The number of aliphatic imine (C=N–C) groups is 1. The van der Waals surface area contributed by atoms with Gasteiger partial charge in [0.05, 0.1) is 22.4 Å². The predicted octanol–water partition coefficient (Wildman–Crippen LogP) is 4.44. The third kappa shape index (κ3) is 4.45. The third-order valence-electron chi connectivity index (χ3n) is 5.54. The molecule has 164 valence electrons. The van der Waals surface area contributed by atoms with E-state index in [9.17, 15) is 8.42 Å². The van der Waals surface area contributed by atoms with E-state index < -0.39 is 9.84 Å². The molecule has 0 fully saturated rings.